The SMILES string of the molecule is O=C1/C(=C\c2ccccc2)SC(=S)N1CCc1cnc[nH]1. The second-order valence-electron chi connectivity index (χ2n) is 4.57. The van der Waals surface area contributed by atoms with Gasteiger partial charge in [0, 0.05) is 24.9 Å². The van der Waals surface area contributed by atoms with Crippen LogP contribution in [0.3, 0.4) is 0 Å². The van der Waals surface area contributed by atoms with Crippen molar-refractivity contribution < 1.29 is 4.79 Å². The number of rotatable bonds is 4. The smallest absolute Gasteiger partial charge is 0.266 e. The number of hydrogen-bond acceptors (Lipinski definition) is 4. The zero-order valence-electron chi connectivity index (χ0n) is 11.2. The Bertz CT molecular complexity index is 680. The maximum absolute atomic E-state index is 12.4. The standard InChI is InChI=1S/C15H13N3OS2/c19-14-13(8-11-4-2-1-3-5-11)21-15(20)18(14)7-6-12-9-16-10-17-12/h1-5,8-10H,6-7H2,(H,16,17)/b13-8+. The largest absolute Gasteiger partial charge is 0.348 e. The minimum atomic E-state index is -0.0200. The topological polar surface area (TPSA) is 49.0 Å². The maximum Gasteiger partial charge on any atom is 0.266 e. The zero-order valence-corrected chi connectivity index (χ0v) is 12.8. The van der Waals surface area contributed by atoms with Crippen molar-refractivity contribution >= 4 is 40.3 Å². The molecule has 4 nitrogen and oxygen atoms in total. The van der Waals surface area contributed by atoms with E-state index in [-0.39, 0.29) is 5.91 Å². The lowest BCUT2D eigenvalue weighted by Gasteiger charge is -2.13. The number of carbonyl (C=O) groups is 1. The molecule has 2 aromatic rings. The molecule has 1 amide bonds. The Hall–Kier alpha value is -1.92. The lowest BCUT2D eigenvalue weighted by Crippen LogP contribution is -2.30. The number of nitrogens with zero attached hydrogens (tertiary/aromatic N) is 2. The maximum atomic E-state index is 12.4. The molecule has 0 radical (unpaired) electrons. The van der Waals surface area contributed by atoms with Gasteiger partial charge in [0.05, 0.1) is 11.2 Å². The van der Waals surface area contributed by atoms with Gasteiger partial charge < -0.3 is 4.98 Å². The summed E-state index contributed by atoms with van der Waals surface area (Å²) in [6.07, 6.45) is 5.99. The van der Waals surface area contributed by atoms with Crippen LogP contribution in [-0.4, -0.2) is 31.6 Å². The van der Waals surface area contributed by atoms with Crippen LogP contribution in [-0.2, 0) is 11.2 Å². The number of carbonyl (C=O) groups excluding carboxylic acids is 1. The first-order valence-corrected chi connectivity index (χ1v) is 7.74. The fraction of sp³-hybridized carbons (Fsp3) is 0.133. The van der Waals surface area contributed by atoms with Gasteiger partial charge in [-0.15, -0.1) is 0 Å². The van der Waals surface area contributed by atoms with Gasteiger partial charge in [-0.1, -0.05) is 54.3 Å². The van der Waals surface area contributed by atoms with Gasteiger partial charge in [0.25, 0.3) is 5.91 Å². The molecule has 3 rings (SSSR count). The number of thiocarbonyl (C=S) groups is 1. The van der Waals surface area contributed by atoms with Crippen molar-refractivity contribution in [2.24, 2.45) is 0 Å². The molecule has 1 aromatic heterocycles. The average Bonchev–Trinajstić information content (AvgIpc) is 3.08. The predicted octanol–water partition coefficient (Wildman–Crippen LogP) is 2.85. The van der Waals surface area contributed by atoms with Crippen molar-refractivity contribution in [3.63, 3.8) is 0 Å². The van der Waals surface area contributed by atoms with Crippen LogP contribution < -0.4 is 0 Å². The van der Waals surface area contributed by atoms with Gasteiger partial charge in [-0.05, 0) is 11.6 Å². The summed E-state index contributed by atoms with van der Waals surface area (Å²) in [5.74, 6) is -0.0200. The number of thioether (sulfide) groups is 1. The van der Waals surface area contributed by atoms with Crippen LogP contribution in [0, 0.1) is 0 Å². The van der Waals surface area contributed by atoms with E-state index in [0.29, 0.717) is 22.2 Å². The average molecular weight is 315 g/mol. The molecule has 1 fully saturated rings. The van der Waals surface area contributed by atoms with Crippen LogP contribution in [0.5, 0.6) is 0 Å². The van der Waals surface area contributed by atoms with E-state index in [2.05, 4.69) is 9.97 Å². The van der Waals surface area contributed by atoms with Crippen molar-refractivity contribution in [3.05, 3.63) is 59.0 Å². The second kappa shape index (κ2) is 6.24. The van der Waals surface area contributed by atoms with E-state index < -0.39 is 0 Å². The molecule has 0 bridgehead atoms. The molecular formula is C15H13N3OS2. The van der Waals surface area contributed by atoms with Gasteiger partial charge in [-0.25, -0.2) is 4.98 Å². The number of imidazole rings is 1. The third-order valence-corrected chi connectivity index (χ3v) is 4.51. The molecule has 1 aliphatic heterocycles. The summed E-state index contributed by atoms with van der Waals surface area (Å²) < 4.78 is 0.613. The van der Waals surface area contributed by atoms with Crippen molar-refractivity contribution in [2.45, 2.75) is 6.42 Å². The molecule has 1 N–H and O–H groups in total. The number of aromatic nitrogens is 2. The third-order valence-electron chi connectivity index (χ3n) is 3.13. The number of nitrogens with one attached hydrogen (secondary N) is 1. The zero-order chi connectivity index (χ0) is 14.7. The lowest BCUT2D eigenvalue weighted by molar-refractivity contribution is -0.122. The minimum absolute atomic E-state index is 0.0200. The number of hydrogen-bond donors (Lipinski definition) is 1. The van der Waals surface area contributed by atoms with Crippen molar-refractivity contribution in [3.8, 4) is 0 Å². The minimum Gasteiger partial charge on any atom is -0.348 e. The molecule has 0 aliphatic carbocycles. The summed E-state index contributed by atoms with van der Waals surface area (Å²) in [6, 6.07) is 9.79. The molecule has 0 unspecified atom stereocenters. The van der Waals surface area contributed by atoms with E-state index >= 15 is 0 Å². The molecule has 2 heterocycles. The summed E-state index contributed by atoms with van der Waals surface area (Å²) in [5.41, 5.74) is 2.00. The van der Waals surface area contributed by atoms with E-state index in [9.17, 15) is 4.79 Å². The summed E-state index contributed by atoms with van der Waals surface area (Å²) >= 11 is 6.66. The molecule has 21 heavy (non-hydrogen) atoms. The predicted molar refractivity (Wildman–Crippen MR) is 88.6 cm³/mol. The number of aromatic amines is 1. The molecule has 0 spiro atoms. The number of H-pyrrole nitrogens is 1. The normalized spacial score (nSPS) is 17.0. The van der Waals surface area contributed by atoms with Gasteiger partial charge in [-0.3, -0.25) is 9.69 Å². The summed E-state index contributed by atoms with van der Waals surface area (Å²) in [6.45, 7) is 0.568. The first-order valence-electron chi connectivity index (χ1n) is 6.52. The highest BCUT2D eigenvalue weighted by molar-refractivity contribution is 8.26. The first-order chi connectivity index (χ1) is 10.2. The molecule has 0 saturated carbocycles. The van der Waals surface area contributed by atoms with Gasteiger partial charge in [0.2, 0.25) is 0 Å². The van der Waals surface area contributed by atoms with Crippen LogP contribution >= 0.6 is 24.0 Å². The van der Waals surface area contributed by atoms with Crippen LogP contribution in [0.15, 0.2) is 47.8 Å². The Morgan fingerprint density at radius 2 is 2.14 bits per heavy atom. The Balaban J connectivity index is 1.71. The van der Waals surface area contributed by atoms with Crippen LogP contribution in [0.2, 0.25) is 0 Å². The van der Waals surface area contributed by atoms with Crippen molar-refractivity contribution in [1.82, 2.24) is 14.9 Å². The summed E-state index contributed by atoms with van der Waals surface area (Å²) in [5, 5.41) is 0. The Morgan fingerprint density at radius 3 is 2.86 bits per heavy atom. The van der Waals surface area contributed by atoms with E-state index in [1.54, 1.807) is 17.4 Å². The number of amides is 1. The highest BCUT2D eigenvalue weighted by atomic mass is 32.2. The van der Waals surface area contributed by atoms with Crippen molar-refractivity contribution in [2.75, 3.05) is 6.54 Å². The van der Waals surface area contributed by atoms with Gasteiger partial charge in [0.15, 0.2) is 0 Å². The Morgan fingerprint density at radius 1 is 1.33 bits per heavy atom. The fourth-order valence-corrected chi connectivity index (χ4v) is 3.36. The highest BCUT2D eigenvalue weighted by Gasteiger charge is 2.31. The molecule has 6 heteroatoms. The van der Waals surface area contributed by atoms with Crippen LogP contribution in [0.25, 0.3) is 6.08 Å². The first kappa shape index (κ1) is 14.0. The fourth-order valence-electron chi connectivity index (χ4n) is 2.05. The van der Waals surface area contributed by atoms with Gasteiger partial charge in [-0.2, -0.15) is 0 Å². The van der Waals surface area contributed by atoms with Crippen LogP contribution in [0.1, 0.15) is 11.3 Å². The van der Waals surface area contributed by atoms with E-state index in [0.717, 1.165) is 11.3 Å². The van der Waals surface area contributed by atoms with Gasteiger partial charge >= 0.3 is 0 Å². The highest BCUT2D eigenvalue weighted by Crippen LogP contribution is 2.32. The van der Waals surface area contributed by atoms with E-state index in [1.165, 1.54) is 11.8 Å². The second-order valence-corrected chi connectivity index (χ2v) is 6.25. The van der Waals surface area contributed by atoms with Crippen molar-refractivity contribution in [1.29, 1.82) is 0 Å². The Labute approximate surface area is 132 Å². The van der Waals surface area contributed by atoms with E-state index in [4.69, 9.17) is 12.2 Å². The molecule has 1 saturated heterocycles. The molecule has 106 valence electrons. The molecule has 1 aliphatic rings. The molecule has 1 aromatic carbocycles. The monoisotopic (exact) mass is 315 g/mol. The molecular weight excluding hydrogens is 302 g/mol. The molecule has 0 atom stereocenters. The van der Waals surface area contributed by atoms with Gasteiger partial charge in [0.1, 0.15) is 4.32 Å². The van der Waals surface area contributed by atoms with E-state index in [1.807, 2.05) is 36.4 Å². The van der Waals surface area contributed by atoms with Crippen LogP contribution in [0.4, 0.5) is 0 Å². The quantitative estimate of drug-likeness (QED) is 0.696. The lowest BCUT2D eigenvalue weighted by atomic mass is 10.2. The number of benzene rings is 1. The summed E-state index contributed by atoms with van der Waals surface area (Å²) in [7, 11) is 0. The summed E-state index contributed by atoms with van der Waals surface area (Å²) in [4.78, 5) is 21.7. The third kappa shape index (κ3) is 3.22. The Kier molecular flexibility index (Phi) is 4.17.